The minimum Gasteiger partial charge on any atom is -0.505 e. The number of carbonyl (C=O) groups excluding carboxylic acids is 1. The van der Waals surface area contributed by atoms with Crippen molar-refractivity contribution >= 4 is 12.1 Å². The van der Waals surface area contributed by atoms with E-state index >= 15 is 0 Å². The van der Waals surface area contributed by atoms with Gasteiger partial charge in [-0.2, -0.15) is 10.4 Å². The lowest BCUT2D eigenvalue weighted by molar-refractivity contribution is -0.123. The first-order chi connectivity index (χ1) is 12.1. The molecule has 0 saturated carbocycles. The Morgan fingerprint density at radius 1 is 1.48 bits per heavy atom. The smallest absolute Gasteiger partial charge is 0.277 e. The summed E-state index contributed by atoms with van der Waals surface area (Å²) in [6.45, 7) is 0.946. The van der Waals surface area contributed by atoms with Crippen molar-refractivity contribution < 1.29 is 19.7 Å². The maximum absolute atomic E-state index is 11.8. The zero-order valence-electron chi connectivity index (χ0n) is 13.4. The van der Waals surface area contributed by atoms with Crippen molar-refractivity contribution in [3.63, 3.8) is 0 Å². The third-order valence-corrected chi connectivity index (χ3v) is 3.28. The second-order valence-corrected chi connectivity index (χ2v) is 4.98. The zero-order valence-corrected chi connectivity index (χ0v) is 13.4. The van der Waals surface area contributed by atoms with E-state index in [1.165, 1.54) is 12.4 Å². The van der Waals surface area contributed by atoms with Crippen molar-refractivity contribution in [2.24, 2.45) is 5.10 Å². The van der Waals surface area contributed by atoms with Gasteiger partial charge in [0.2, 0.25) is 0 Å². The number of hydrogen-bond donors (Lipinski definition) is 3. The van der Waals surface area contributed by atoms with Gasteiger partial charge in [-0.3, -0.25) is 9.78 Å². The summed E-state index contributed by atoms with van der Waals surface area (Å²) in [5.74, 6) is -0.363. The Bertz CT molecular complexity index is 843. The van der Waals surface area contributed by atoms with Gasteiger partial charge in [-0.1, -0.05) is 12.1 Å². The molecule has 0 atom stereocenters. The van der Waals surface area contributed by atoms with E-state index in [4.69, 9.17) is 10.00 Å². The van der Waals surface area contributed by atoms with Crippen LogP contribution in [0.25, 0.3) is 0 Å². The Morgan fingerprint density at radius 2 is 2.24 bits per heavy atom. The minimum absolute atomic E-state index is 0.122. The number of para-hydroxylation sites is 1. The topological polar surface area (TPSA) is 128 Å². The largest absolute Gasteiger partial charge is 0.505 e. The van der Waals surface area contributed by atoms with Crippen LogP contribution in [0, 0.1) is 18.3 Å². The maximum atomic E-state index is 11.8. The number of nitrogens with one attached hydrogen (secondary N) is 1. The molecule has 0 aliphatic rings. The molecule has 0 saturated heterocycles. The van der Waals surface area contributed by atoms with Crippen LogP contribution in [0.1, 0.15) is 22.4 Å². The van der Waals surface area contributed by atoms with Gasteiger partial charge >= 0.3 is 0 Å². The van der Waals surface area contributed by atoms with Gasteiger partial charge in [0, 0.05) is 17.3 Å². The highest BCUT2D eigenvalue weighted by Crippen LogP contribution is 2.21. The predicted octanol–water partition coefficient (Wildman–Crippen LogP) is 0.989. The van der Waals surface area contributed by atoms with Crippen LogP contribution in [0.15, 0.2) is 35.6 Å². The summed E-state index contributed by atoms with van der Waals surface area (Å²) in [7, 11) is 0. The summed E-state index contributed by atoms with van der Waals surface area (Å²) < 4.78 is 5.27. The molecule has 128 valence electrons. The number of hydrazone groups is 1. The number of hydrogen-bond acceptors (Lipinski definition) is 7. The molecule has 1 aromatic carbocycles. The van der Waals surface area contributed by atoms with E-state index in [0.29, 0.717) is 22.6 Å². The molecule has 1 heterocycles. The van der Waals surface area contributed by atoms with Crippen LogP contribution in [-0.4, -0.2) is 33.9 Å². The number of rotatable bonds is 6. The van der Waals surface area contributed by atoms with E-state index < -0.39 is 5.91 Å². The number of aromatic hydroxyl groups is 1. The van der Waals surface area contributed by atoms with Gasteiger partial charge in [-0.25, -0.2) is 5.43 Å². The van der Waals surface area contributed by atoms with Crippen molar-refractivity contribution in [2.45, 2.75) is 13.5 Å². The molecule has 1 aromatic heterocycles. The number of aryl methyl sites for hydroxylation is 1. The van der Waals surface area contributed by atoms with E-state index in [1.807, 2.05) is 6.07 Å². The number of carbonyl (C=O) groups is 1. The number of aliphatic hydroxyl groups excluding tert-OH is 1. The highest BCUT2D eigenvalue weighted by atomic mass is 16.5. The third-order valence-electron chi connectivity index (χ3n) is 3.28. The monoisotopic (exact) mass is 340 g/mol. The molecule has 8 nitrogen and oxygen atoms in total. The average Bonchev–Trinajstić information content (AvgIpc) is 2.63. The first kappa shape index (κ1) is 17.9. The number of amides is 1. The van der Waals surface area contributed by atoms with Crippen molar-refractivity contribution in [1.29, 1.82) is 5.26 Å². The van der Waals surface area contributed by atoms with Gasteiger partial charge in [0.05, 0.1) is 24.1 Å². The fraction of sp³-hybridized carbons (Fsp3) is 0.176. The molecule has 8 heteroatoms. The molecule has 25 heavy (non-hydrogen) atoms. The Balaban J connectivity index is 1.98. The van der Waals surface area contributed by atoms with Crippen molar-refractivity contribution in [3.05, 3.63) is 52.8 Å². The normalized spacial score (nSPS) is 10.4. The molecule has 2 aromatic rings. The Morgan fingerprint density at radius 3 is 2.96 bits per heavy atom. The summed E-state index contributed by atoms with van der Waals surface area (Å²) in [5, 5.41) is 31.9. The Hall–Kier alpha value is -3.44. The Kier molecular flexibility index (Phi) is 6.03. The summed E-state index contributed by atoms with van der Waals surface area (Å²) in [6, 6.07) is 8.51. The van der Waals surface area contributed by atoms with E-state index in [1.54, 1.807) is 31.2 Å². The van der Waals surface area contributed by atoms with Gasteiger partial charge < -0.3 is 14.9 Å². The van der Waals surface area contributed by atoms with Crippen LogP contribution in [0.3, 0.4) is 0 Å². The molecular formula is C17H16N4O4. The summed E-state index contributed by atoms with van der Waals surface area (Å²) in [4.78, 5) is 15.7. The number of nitrogens with zero attached hydrogens (tertiary/aromatic N) is 3. The number of benzene rings is 1. The van der Waals surface area contributed by atoms with Crippen LogP contribution in [-0.2, 0) is 11.4 Å². The van der Waals surface area contributed by atoms with Crippen LogP contribution in [0.4, 0.5) is 0 Å². The molecule has 1 amide bonds. The molecular weight excluding hydrogens is 324 g/mol. The average molecular weight is 340 g/mol. The molecule has 3 N–H and O–H groups in total. The second-order valence-electron chi connectivity index (χ2n) is 4.98. The molecule has 0 aliphatic heterocycles. The summed E-state index contributed by atoms with van der Waals surface area (Å²) in [6.07, 6.45) is 2.64. The third kappa shape index (κ3) is 4.53. The number of ether oxygens (including phenoxy) is 1. The fourth-order valence-corrected chi connectivity index (χ4v) is 1.95. The first-order valence-corrected chi connectivity index (χ1v) is 7.29. The number of nitriles is 1. The molecule has 0 aliphatic carbocycles. The minimum atomic E-state index is -0.542. The molecule has 0 radical (unpaired) electrons. The second kappa shape index (κ2) is 8.42. The molecule has 0 fully saturated rings. The maximum Gasteiger partial charge on any atom is 0.277 e. The highest BCUT2D eigenvalue weighted by molar-refractivity contribution is 5.87. The molecule has 0 bridgehead atoms. The van der Waals surface area contributed by atoms with Gasteiger partial charge in [-0.15, -0.1) is 0 Å². The lowest BCUT2D eigenvalue weighted by Crippen LogP contribution is -2.24. The van der Waals surface area contributed by atoms with E-state index in [0.717, 1.165) is 0 Å². The number of pyridine rings is 1. The lowest BCUT2D eigenvalue weighted by Gasteiger charge is -2.08. The van der Waals surface area contributed by atoms with E-state index in [-0.39, 0.29) is 24.5 Å². The van der Waals surface area contributed by atoms with Gasteiger partial charge in [0.15, 0.2) is 6.61 Å². The molecule has 0 spiro atoms. The van der Waals surface area contributed by atoms with Crippen LogP contribution < -0.4 is 10.2 Å². The van der Waals surface area contributed by atoms with E-state index in [9.17, 15) is 15.0 Å². The van der Waals surface area contributed by atoms with Crippen LogP contribution >= 0.6 is 0 Å². The van der Waals surface area contributed by atoms with Crippen LogP contribution in [0.5, 0.6) is 11.5 Å². The highest BCUT2D eigenvalue weighted by Gasteiger charge is 2.10. The van der Waals surface area contributed by atoms with Gasteiger partial charge in [0.1, 0.15) is 17.6 Å². The standard InChI is InChI=1S/C17H16N4O4/c1-11-17(24)14(13(9-22)7-19-11)8-20-21-16(23)10-25-15-5-3-2-4-12(15)6-18/h2-5,7-8,22,24H,9-10H2,1H3,(H,21,23)/b20-8+. The lowest BCUT2D eigenvalue weighted by atomic mass is 10.1. The molecule has 0 unspecified atom stereocenters. The quantitative estimate of drug-likeness (QED) is 0.531. The fourth-order valence-electron chi connectivity index (χ4n) is 1.95. The van der Waals surface area contributed by atoms with Crippen molar-refractivity contribution in [1.82, 2.24) is 10.4 Å². The van der Waals surface area contributed by atoms with E-state index in [2.05, 4.69) is 15.5 Å². The summed E-state index contributed by atoms with van der Waals surface area (Å²) in [5.41, 5.74) is 3.59. The number of aromatic nitrogens is 1. The summed E-state index contributed by atoms with van der Waals surface area (Å²) >= 11 is 0. The zero-order chi connectivity index (χ0) is 18.2. The SMILES string of the molecule is Cc1ncc(CO)c(/C=N/NC(=O)COc2ccccc2C#N)c1O. The van der Waals surface area contributed by atoms with Crippen LogP contribution in [0.2, 0.25) is 0 Å². The van der Waals surface area contributed by atoms with Gasteiger partial charge in [0.25, 0.3) is 5.91 Å². The van der Waals surface area contributed by atoms with Crippen molar-refractivity contribution in [2.75, 3.05) is 6.61 Å². The van der Waals surface area contributed by atoms with Crippen molar-refractivity contribution in [3.8, 4) is 17.6 Å². The molecule has 2 rings (SSSR count). The van der Waals surface area contributed by atoms with Gasteiger partial charge in [-0.05, 0) is 19.1 Å². The number of aliphatic hydroxyl groups is 1. The first-order valence-electron chi connectivity index (χ1n) is 7.29. The predicted molar refractivity (Wildman–Crippen MR) is 89.0 cm³/mol. The Labute approximate surface area is 144 Å².